The average molecular weight is 328 g/mol. The average Bonchev–Trinajstić information content (AvgIpc) is 2.57. The predicted octanol–water partition coefficient (Wildman–Crippen LogP) is 6.10. The van der Waals surface area contributed by atoms with Crippen LogP contribution in [0.2, 0.25) is 0 Å². The second-order valence-electron chi connectivity index (χ2n) is 6.87. The fourth-order valence-electron chi connectivity index (χ4n) is 3.01. The molecular formula is C20H41NO2. The third-order valence-electron chi connectivity index (χ3n) is 4.70. The van der Waals surface area contributed by atoms with Gasteiger partial charge in [0.2, 0.25) is 0 Å². The maximum Gasteiger partial charge on any atom is 0.132 e. The minimum atomic E-state index is 0.267. The summed E-state index contributed by atoms with van der Waals surface area (Å²) in [6, 6.07) is 0. The zero-order valence-electron chi connectivity index (χ0n) is 15.8. The largest absolute Gasteiger partial charge is 0.301 e. The molecule has 0 saturated heterocycles. The van der Waals surface area contributed by atoms with E-state index in [-0.39, 0.29) is 6.10 Å². The summed E-state index contributed by atoms with van der Waals surface area (Å²) in [7, 11) is 0. The first-order chi connectivity index (χ1) is 11.2. The van der Waals surface area contributed by atoms with E-state index in [0.29, 0.717) is 12.2 Å². The van der Waals surface area contributed by atoms with Crippen LogP contribution < -0.4 is 5.90 Å². The number of rotatable bonds is 18. The first-order valence-corrected chi connectivity index (χ1v) is 10.1. The summed E-state index contributed by atoms with van der Waals surface area (Å²) < 4.78 is 0. The SMILES string of the molecule is CCCCCCC(CCCCCCCCCCC(=O)CC)ON. The van der Waals surface area contributed by atoms with Crippen molar-refractivity contribution in [1.29, 1.82) is 0 Å². The number of hydrogen-bond acceptors (Lipinski definition) is 3. The van der Waals surface area contributed by atoms with Gasteiger partial charge in [0.1, 0.15) is 5.78 Å². The molecule has 3 heteroatoms. The molecule has 23 heavy (non-hydrogen) atoms. The molecule has 2 N–H and O–H groups in total. The molecule has 0 amide bonds. The van der Waals surface area contributed by atoms with Crippen molar-refractivity contribution >= 4 is 5.78 Å². The summed E-state index contributed by atoms with van der Waals surface area (Å²) >= 11 is 0. The Hall–Kier alpha value is -0.410. The molecule has 1 unspecified atom stereocenters. The van der Waals surface area contributed by atoms with Crippen LogP contribution in [0.4, 0.5) is 0 Å². The van der Waals surface area contributed by atoms with Crippen LogP contribution in [-0.2, 0) is 9.63 Å². The Labute approximate surface area is 144 Å². The molecule has 0 heterocycles. The van der Waals surface area contributed by atoms with Crippen LogP contribution in [0.5, 0.6) is 0 Å². The van der Waals surface area contributed by atoms with Crippen LogP contribution in [0.1, 0.15) is 117 Å². The monoisotopic (exact) mass is 327 g/mol. The summed E-state index contributed by atoms with van der Waals surface area (Å²) in [5, 5.41) is 0. The van der Waals surface area contributed by atoms with Gasteiger partial charge in [-0.15, -0.1) is 0 Å². The summed E-state index contributed by atoms with van der Waals surface area (Å²) in [6.07, 6.45) is 19.2. The van der Waals surface area contributed by atoms with Crippen molar-refractivity contribution in [2.75, 3.05) is 0 Å². The highest BCUT2D eigenvalue weighted by molar-refractivity contribution is 5.77. The quantitative estimate of drug-likeness (QED) is 0.244. The van der Waals surface area contributed by atoms with Gasteiger partial charge >= 0.3 is 0 Å². The van der Waals surface area contributed by atoms with Gasteiger partial charge in [0.15, 0.2) is 0 Å². The van der Waals surface area contributed by atoms with Crippen LogP contribution in [0.3, 0.4) is 0 Å². The molecule has 0 aromatic heterocycles. The molecule has 0 aromatic carbocycles. The number of Topliss-reactive ketones (excluding diaryl/α,β-unsaturated/α-hetero) is 1. The maximum atomic E-state index is 11.2. The van der Waals surface area contributed by atoms with Crippen molar-refractivity contribution in [3.63, 3.8) is 0 Å². The zero-order chi connectivity index (χ0) is 17.2. The lowest BCUT2D eigenvalue weighted by atomic mass is 10.0. The van der Waals surface area contributed by atoms with Crippen molar-refractivity contribution in [3.05, 3.63) is 0 Å². The molecule has 3 nitrogen and oxygen atoms in total. The van der Waals surface area contributed by atoms with Crippen LogP contribution in [0.15, 0.2) is 0 Å². The minimum Gasteiger partial charge on any atom is -0.301 e. The molecule has 0 aliphatic carbocycles. The highest BCUT2D eigenvalue weighted by Gasteiger charge is 2.07. The molecule has 0 bridgehead atoms. The molecule has 0 spiro atoms. The Kier molecular flexibility index (Phi) is 17.6. The van der Waals surface area contributed by atoms with Gasteiger partial charge in [-0.25, -0.2) is 5.90 Å². The van der Waals surface area contributed by atoms with Crippen molar-refractivity contribution in [1.82, 2.24) is 0 Å². The Morgan fingerprint density at radius 1 is 0.783 bits per heavy atom. The lowest BCUT2D eigenvalue weighted by molar-refractivity contribution is -0.118. The van der Waals surface area contributed by atoms with Crippen molar-refractivity contribution in [3.8, 4) is 0 Å². The third kappa shape index (κ3) is 16.2. The van der Waals surface area contributed by atoms with E-state index in [1.165, 1.54) is 70.6 Å². The van der Waals surface area contributed by atoms with E-state index in [0.717, 1.165) is 25.7 Å². The third-order valence-corrected chi connectivity index (χ3v) is 4.70. The van der Waals surface area contributed by atoms with Gasteiger partial charge in [0, 0.05) is 12.8 Å². The van der Waals surface area contributed by atoms with Crippen molar-refractivity contribution < 1.29 is 9.63 Å². The number of ketones is 1. The highest BCUT2D eigenvalue weighted by Crippen LogP contribution is 2.15. The lowest BCUT2D eigenvalue weighted by Gasteiger charge is -2.14. The number of unbranched alkanes of at least 4 members (excludes halogenated alkanes) is 10. The van der Waals surface area contributed by atoms with E-state index >= 15 is 0 Å². The fourth-order valence-corrected chi connectivity index (χ4v) is 3.01. The summed E-state index contributed by atoms with van der Waals surface area (Å²) in [5.74, 6) is 5.82. The standard InChI is InChI=1S/C20H41NO2/c1-3-5-6-14-17-20(23-21)18-15-12-10-8-7-9-11-13-16-19(22)4-2/h20H,3-18,21H2,1-2H3. The molecule has 0 radical (unpaired) electrons. The van der Waals surface area contributed by atoms with E-state index in [1.54, 1.807) is 0 Å². The van der Waals surface area contributed by atoms with Crippen LogP contribution in [-0.4, -0.2) is 11.9 Å². The fraction of sp³-hybridized carbons (Fsp3) is 0.950. The van der Waals surface area contributed by atoms with Crippen LogP contribution in [0.25, 0.3) is 0 Å². The molecule has 0 rings (SSSR count). The van der Waals surface area contributed by atoms with E-state index in [9.17, 15) is 4.79 Å². The van der Waals surface area contributed by atoms with Gasteiger partial charge in [-0.2, -0.15) is 0 Å². The molecule has 138 valence electrons. The summed E-state index contributed by atoms with van der Waals surface area (Å²) in [6.45, 7) is 4.19. The molecule has 0 aromatic rings. The van der Waals surface area contributed by atoms with E-state index < -0.39 is 0 Å². The van der Waals surface area contributed by atoms with Gasteiger partial charge in [-0.05, 0) is 19.3 Å². The molecule has 0 saturated carbocycles. The van der Waals surface area contributed by atoms with Crippen LogP contribution >= 0.6 is 0 Å². The highest BCUT2D eigenvalue weighted by atomic mass is 16.6. The van der Waals surface area contributed by atoms with Crippen LogP contribution in [0, 0.1) is 0 Å². The van der Waals surface area contributed by atoms with Gasteiger partial charge in [0.05, 0.1) is 6.10 Å². The van der Waals surface area contributed by atoms with E-state index in [1.807, 2.05) is 6.92 Å². The zero-order valence-corrected chi connectivity index (χ0v) is 15.8. The van der Waals surface area contributed by atoms with Crippen molar-refractivity contribution in [2.24, 2.45) is 5.90 Å². The minimum absolute atomic E-state index is 0.267. The van der Waals surface area contributed by atoms with E-state index in [2.05, 4.69) is 6.92 Å². The second kappa shape index (κ2) is 17.9. The van der Waals surface area contributed by atoms with Gasteiger partial charge < -0.3 is 4.84 Å². The second-order valence-corrected chi connectivity index (χ2v) is 6.87. The predicted molar refractivity (Wildman–Crippen MR) is 99.3 cm³/mol. The molecule has 0 aliphatic heterocycles. The normalized spacial score (nSPS) is 12.5. The van der Waals surface area contributed by atoms with Crippen molar-refractivity contribution in [2.45, 2.75) is 123 Å². The Morgan fingerprint density at radius 2 is 1.26 bits per heavy atom. The first kappa shape index (κ1) is 22.6. The summed E-state index contributed by atoms with van der Waals surface area (Å²) in [5.41, 5.74) is 0. The number of hydrogen-bond donors (Lipinski definition) is 1. The Bertz CT molecular complexity index is 256. The molecule has 0 fully saturated rings. The number of carbonyl (C=O) groups is 1. The van der Waals surface area contributed by atoms with E-state index in [4.69, 9.17) is 10.7 Å². The number of nitrogens with two attached hydrogens (primary N) is 1. The lowest BCUT2D eigenvalue weighted by Crippen LogP contribution is -2.17. The summed E-state index contributed by atoms with van der Waals surface area (Å²) in [4.78, 5) is 16.3. The molecule has 1 atom stereocenters. The van der Waals surface area contributed by atoms with Gasteiger partial charge in [0.25, 0.3) is 0 Å². The Balaban J connectivity index is 3.28. The molecule has 0 aliphatic rings. The smallest absolute Gasteiger partial charge is 0.132 e. The Morgan fingerprint density at radius 3 is 1.74 bits per heavy atom. The van der Waals surface area contributed by atoms with Gasteiger partial charge in [-0.3, -0.25) is 4.79 Å². The topological polar surface area (TPSA) is 52.3 Å². The number of carbonyl (C=O) groups excluding carboxylic acids is 1. The van der Waals surface area contributed by atoms with Gasteiger partial charge in [-0.1, -0.05) is 84.5 Å². The maximum absolute atomic E-state index is 11.2. The molecular weight excluding hydrogens is 286 g/mol. The first-order valence-electron chi connectivity index (χ1n) is 10.1.